The number of carbonyl (C=O) groups is 1. The highest BCUT2D eigenvalue weighted by atomic mass is 79.9. The summed E-state index contributed by atoms with van der Waals surface area (Å²) in [6.45, 7) is 0. The summed E-state index contributed by atoms with van der Waals surface area (Å²) in [5.41, 5.74) is 4.49. The fourth-order valence-electron chi connectivity index (χ4n) is 2.90. The zero-order valence-corrected chi connectivity index (χ0v) is 18.6. The van der Waals surface area contributed by atoms with Gasteiger partial charge in [-0.05, 0) is 42.0 Å². The van der Waals surface area contributed by atoms with Gasteiger partial charge in [0, 0.05) is 4.47 Å². The summed E-state index contributed by atoms with van der Waals surface area (Å²) >= 11 is 4.56. The molecule has 4 aromatic rings. The maximum atomic E-state index is 13.1. The van der Waals surface area contributed by atoms with Gasteiger partial charge in [0.05, 0.1) is 28.6 Å². The van der Waals surface area contributed by atoms with Crippen LogP contribution in [0.25, 0.3) is 16.6 Å². The first-order chi connectivity index (χ1) is 15.1. The third-order valence-electron chi connectivity index (χ3n) is 4.36. The Hall–Kier alpha value is -3.23. The number of fused-ring (bicyclic) bond motifs is 1. The molecule has 8 heteroatoms. The summed E-state index contributed by atoms with van der Waals surface area (Å²) < 4.78 is 2.50. The van der Waals surface area contributed by atoms with Crippen LogP contribution in [0.2, 0.25) is 0 Å². The molecule has 0 bridgehead atoms. The number of nitrogens with zero attached hydrogens (tertiary/aromatic N) is 3. The van der Waals surface area contributed by atoms with Crippen LogP contribution in [-0.2, 0) is 4.79 Å². The van der Waals surface area contributed by atoms with Crippen molar-refractivity contribution in [3.05, 3.63) is 99.3 Å². The summed E-state index contributed by atoms with van der Waals surface area (Å²) in [6.07, 6.45) is 1.57. The Morgan fingerprint density at radius 3 is 2.52 bits per heavy atom. The van der Waals surface area contributed by atoms with Crippen LogP contribution in [0.3, 0.4) is 0 Å². The summed E-state index contributed by atoms with van der Waals surface area (Å²) in [6, 6.07) is 24.0. The number of hydrogen-bond acceptors (Lipinski definition) is 5. The van der Waals surface area contributed by atoms with Gasteiger partial charge in [-0.15, -0.1) is 0 Å². The van der Waals surface area contributed by atoms with Crippen LogP contribution < -0.4 is 11.0 Å². The van der Waals surface area contributed by atoms with E-state index in [1.165, 1.54) is 16.3 Å². The normalized spacial score (nSPS) is 11.1. The third kappa shape index (κ3) is 5.10. The molecule has 0 spiro atoms. The molecule has 1 amide bonds. The van der Waals surface area contributed by atoms with Gasteiger partial charge >= 0.3 is 0 Å². The highest BCUT2D eigenvalue weighted by Gasteiger charge is 2.14. The second-order valence-electron chi connectivity index (χ2n) is 6.52. The molecule has 4 rings (SSSR count). The van der Waals surface area contributed by atoms with Gasteiger partial charge in [-0.2, -0.15) is 5.10 Å². The molecule has 0 fully saturated rings. The maximum absolute atomic E-state index is 13.1. The zero-order valence-electron chi connectivity index (χ0n) is 16.2. The molecule has 31 heavy (non-hydrogen) atoms. The summed E-state index contributed by atoms with van der Waals surface area (Å²) in [4.78, 5) is 30.0. The van der Waals surface area contributed by atoms with Gasteiger partial charge < -0.3 is 0 Å². The van der Waals surface area contributed by atoms with Gasteiger partial charge in [0.2, 0.25) is 0 Å². The highest BCUT2D eigenvalue weighted by molar-refractivity contribution is 9.10. The highest BCUT2D eigenvalue weighted by Crippen LogP contribution is 2.21. The number of para-hydroxylation sites is 2. The fraction of sp³-hybridized carbons (Fsp3) is 0.0435. The first-order valence-corrected chi connectivity index (χ1v) is 11.2. The number of hydrogen-bond donors (Lipinski definition) is 1. The van der Waals surface area contributed by atoms with E-state index in [0.717, 1.165) is 10.0 Å². The molecule has 0 unspecified atom stereocenters. The van der Waals surface area contributed by atoms with Crippen LogP contribution in [-0.4, -0.2) is 27.4 Å². The molecule has 0 saturated carbocycles. The standard InChI is InChI=1S/C23H17BrN4O2S/c24-17-12-10-16(11-13-17)14-25-27-21(29)15-31-23-26-20-9-5-4-8-19(20)22(30)28(23)18-6-2-1-3-7-18/h1-14H,15H2,(H,27,29)/b25-14+. The van der Waals surface area contributed by atoms with Crippen molar-refractivity contribution in [3.8, 4) is 5.69 Å². The van der Waals surface area contributed by atoms with E-state index in [9.17, 15) is 9.59 Å². The van der Waals surface area contributed by atoms with Crippen molar-refractivity contribution in [3.63, 3.8) is 0 Å². The van der Waals surface area contributed by atoms with E-state index in [2.05, 4.69) is 31.4 Å². The van der Waals surface area contributed by atoms with Gasteiger partial charge in [0.1, 0.15) is 0 Å². The monoisotopic (exact) mass is 492 g/mol. The van der Waals surface area contributed by atoms with E-state index in [-0.39, 0.29) is 17.2 Å². The van der Waals surface area contributed by atoms with Crippen molar-refractivity contribution < 1.29 is 4.79 Å². The van der Waals surface area contributed by atoms with Crippen molar-refractivity contribution in [2.45, 2.75) is 5.16 Å². The number of rotatable bonds is 6. The summed E-state index contributed by atoms with van der Waals surface area (Å²) in [7, 11) is 0. The van der Waals surface area contributed by atoms with Crippen LogP contribution in [0.4, 0.5) is 0 Å². The Morgan fingerprint density at radius 1 is 1.03 bits per heavy atom. The Bertz CT molecular complexity index is 1300. The quantitative estimate of drug-likeness (QED) is 0.187. The number of thioether (sulfide) groups is 1. The second kappa shape index (κ2) is 9.72. The summed E-state index contributed by atoms with van der Waals surface area (Å²) in [5, 5.41) is 4.96. The third-order valence-corrected chi connectivity index (χ3v) is 5.83. The van der Waals surface area contributed by atoms with Crippen molar-refractivity contribution in [1.82, 2.24) is 15.0 Å². The number of halogens is 1. The Morgan fingerprint density at radius 2 is 1.74 bits per heavy atom. The van der Waals surface area contributed by atoms with Crippen LogP contribution in [0.1, 0.15) is 5.56 Å². The largest absolute Gasteiger partial charge is 0.272 e. The van der Waals surface area contributed by atoms with Gasteiger partial charge in [-0.3, -0.25) is 14.2 Å². The molecule has 0 aliphatic rings. The average Bonchev–Trinajstić information content (AvgIpc) is 2.80. The van der Waals surface area contributed by atoms with E-state index in [1.54, 1.807) is 18.3 Å². The van der Waals surface area contributed by atoms with Crippen LogP contribution >= 0.6 is 27.7 Å². The molecule has 1 heterocycles. The number of benzene rings is 3. The predicted octanol–water partition coefficient (Wildman–Crippen LogP) is 4.39. The molecule has 0 radical (unpaired) electrons. The van der Waals surface area contributed by atoms with Gasteiger partial charge in [-0.25, -0.2) is 10.4 Å². The molecule has 0 atom stereocenters. The molecule has 1 aromatic heterocycles. The van der Waals surface area contributed by atoms with Crippen molar-refractivity contribution in [2.24, 2.45) is 5.10 Å². The molecule has 0 aliphatic carbocycles. The number of hydrazone groups is 1. The molecular weight excluding hydrogens is 476 g/mol. The molecule has 3 aromatic carbocycles. The van der Waals surface area contributed by atoms with E-state index >= 15 is 0 Å². The number of carbonyl (C=O) groups excluding carboxylic acids is 1. The molecule has 154 valence electrons. The molecule has 0 saturated heterocycles. The Balaban J connectivity index is 1.54. The zero-order chi connectivity index (χ0) is 21.6. The molecular formula is C23H17BrN4O2S. The van der Waals surface area contributed by atoms with Gasteiger partial charge in [0.25, 0.3) is 11.5 Å². The van der Waals surface area contributed by atoms with Crippen molar-refractivity contribution >= 4 is 50.7 Å². The maximum Gasteiger partial charge on any atom is 0.266 e. The first-order valence-electron chi connectivity index (χ1n) is 9.39. The first kappa shape index (κ1) is 21.0. The lowest BCUT2D eigenvalue weighted by molar-refractivity contribution is -0.118. The Labute approximate surface area is 191 Å². The Kier molecular flexibility index (Phi) is 6.59. The SMILES string of the molecule is O=C(CSc1nc2ccccc2c(=O)n1-c1ccccc1)N/N=C/c1ccc(Br)cc1. The van der Waals surface area contributed by atoms with Crippen LogP contribution in [0.15, 0.2) is 98.4 Å². The molecule has 1 N–H and O–H groups in total. The smallest absolute Gasteiger partial charge is 0.266 e. The van der Waals surface area contributed by atoms with Gasteiger partial charge in [-0.1, -0.05) is 70.2 Å². The minimum atomic E-state index is -0.291. The minimum Gasteiger partial charge on any atom is -0.272 e. The van der Waals surface area contributed by atoms with E-state index in [4.69, 9.17) is 0 Å². The van der Waals surface area contributed by atoms with E-state index in [0.29, 0.717) is 21.7 Å². The van der Waals surface area contributed by atoms with Crippen LogP contribution in [0.5, 0.6) is 0 Å². The second-order valence-corrected chi connectivity index (χ2v) is 8.38. The van der Waals surface area contributed by atoms with Crippen molar-refractivity contribution in [1.29, 1.82) is 0 Å². The van der Waals surface area contributed by atoms with E-state index in [1.807, 2.05) is 66.7 Å². The lowest BCUT2D eigenvalue weighted by atomic mass is 10.2. The van der Waals surface area contributed by atoms with Gasteiger partial charge in [0.15, 0.2) is 5.16 Å². The summed E-state index contributed by atoms with van der Waals surface area (Å²) in [5.74, 6) is -0.227. The average molecular weight is 493 g/mol. The lowest BCUT2D eigenvalue weighted by Crippen LogP contribution is -2.24. The van der Waals surface area contributed by atoms with Crippen LogP contribution in [0, 0.1) is 0 Å². The molecule has 6 nitrogen and oxygen atoms in total. The van der Waals surface area contributed by atoms with E-state index < -0.39 is 0 Å². The van der Waals surface area contributed by atoms with Crippen molar-refractivity contribution in [2.75, 3.05) is 5.75 Å². The molecule has 0 aliphatic heterocycles. The topological polar surface area (TPSA) is 76.3 Å². The number of nitrogens with one attached hydrogen (secondary N) is 1. The predicted molar refractivity (Wildman–Crippen MR) is 128 cm³/mol. The lowest BCUT2D eigenvalue weighted by Gasteiger charge is -2.12. The fourth-order valence-corrected chi connectivity index (χ4v) is 3.97. The number of aromatic nitrogens is 2. The number of amides is 1. The minimum absolute atomic E-state index is 0.0648.